The van der Waals surface area contributed by atoms with Gasteiger partial charge < -0.3 is 9.80 Å². The van der Waals surface area contributed by atoms with Gasteiger partial charge in [0.2, 0.25) is 11.8 Å². The highest BCUT2D eigenvalue weighted by molar-refractivity contribution is 5.79. The van der Waals surface area contributed by atoms with Crippen LogP contribution >= 0.6 is 0 Å². The lowest BCUT2D eigenvalue weighted by Crippen LogP contribution is -2.48. The number of rotatable bonds is 3. The summed E-state index contributed by atoms with van der Waals surface area (Å²) in [5.74, 6) is 1.22. The average molecular weight is 370 g/mol. The molecule has 0 bridgehead atoms. The molecular formula is C21H30N4O2. The fourth-order valence-electron chi connectivity index (χ4n) is 5.04. The number of piperidine rings is 1. The third-order valence-electron chi connectivity index (χ3n) is 6.56. The highest BCUT2D eigenvalue weighted by Crippen LogP contribution is 2.43. The number of hydrogen-bond donors (Lipinski definition) is 0. The molecule has 1 aromatic rings. The minimum atomic E-state index is 0.00929. The van der Waals surface area contributed by atoms with Crippen LogP contribution in [-0.2, 0) is 21.4 Å². The summed E-state index contributed by atoms with van der Waals surface area (Å²) in [7, 11) is 0. The minimum absolute atomic E-state index is 0.00929. The molecule has 6 heteroatoms. The zero-order valence-corrected chi connectivity index (χ0v) is 16.4. The van der Waals surface area contributed by atoms with Gasteiger partial charge in [-0.3, -0.25) is 9.59 Å². The first-order valence-corrected chi connectivity index (χ1v) is 10.5. The second-order valence-electron chi connectivity index (χ2n) is 8.43. The molecule has 1 aromatic heterocycles. The SMILES string of the molecule is Cc1ncc2c(n1)C1(CCCN(C(=O)CCN3CCCCCC3=O)C1)CC2. The summed E-state index contributed by atoms with van der Waals surface area (Å²) in [4.78, 5) is 38.1. The van der Waals surface area contributed by atoms with Crippen LogP contribution < -0.4 is 0 Å². The molecule has 0 aromatic carbocycles. The number of carbonyl (C=O) groups is 2. The molecule has 6 nitrogen and oxygen atoms in total. The van der Waals surface area contributed by atoms with Crippen LogP contribution in [0.4, 0.5) is 0 Å². The number of nitrogens with zero attached hydrogens (tertiary/aromatic N) is 4. The second kappa shape index (κ2) is 7.56. The molecule has 3 heterocycles. The number of aromatic nitrogens is 2. The van der Waals surface area contributed by atoms with Gasteiger partial charge in [-0.05, 0) is 51.0 Å². The van der Waals surface area contributed by atoms with Crippen molar-refractivity contribution >= 4 is 11.8 Å². The van der Waals surface area contributed by atoms with E-state index in [1.165, 1.54) is 11.3 Å². The van der Waals surface area contributed by atoms with E-state index in [1.807, 2.05) is 22.9 Å². The van der Waals surface area contributed by atoms with Crippen molar-refractivity contribution in [3.8, 4) is 0 Å². The average Bonchev–Trinajstić information content (AvgIpc) is 2.86. The van der Waals surface area contributed by atoms with E-state index in [2.05, 4.69) is 4.98 Å². The summed E-state index contributed by atoms with van der Waals surface area (Å²) >= 11 is 0. The Morgan fingerprint density at radius 1 is 1.15 bits per heavy atom. The smallest absolute Gasteiger partial charge is 0.224 e. The monoisotopic (exact) mass is 370 g/mol. The first-order chi connectivity index (χ1) is 13.1. The molecule has 1 atom stereocenters. The van der Waals surface area contributed by atoms with Crippen molar-refractivity contribution in [2.24, 2.45) is 0 Å². The Labute approximate surface area is 161 Å². The number of fused-ring (bicyclic) bond motifs is 2. The molecule has 1 aliphatic carbocycles. The second-order valence-corrected chi connectivity index (χ2v) is 8.43. The molecule has 2 fully saturated rings. The molecule has 0 radical (unpaired) electrons. The zero-order valence-electron chi connectivity index (χ0n) is 16.4. The maximum absolute atomic E-state index is 12.9. The summed E-state index contributed by atoms with van der Waals surface area (Å²) in [6, 6.07) is 0. The molecule has 1 unspecified atom stereocenters. The molecule has 4 rings (SSSR count). The van der Waals surface area contributed by atoms with E-state index in [0.29, 0.717) is 19.4 Å². The number of likely N-dealkylation sites (tertiary alicyclic amines) is 2. The van der Waals surface area contributed by atoms with Crippen LogP contribution in [0.15, 0.2) is 6.20 Å². The maximum atomic E-state index is 12.9. The van der Waals surface area contributed by atoms with Crippen molar-refractivity contribution in [2.75, 3.05) is 26.2 Å². The van der Waals surface area contributed by atoms with Crippen molar-refractivity contribution in [1.82, 2.24) is 19.8 Å². The lowest BCUT2D eigenvalue weighted by atomic mass is 9.77. The number of amides is 2. The summed E-state index contributed by atoms with van der Waals surface area (Å²) in [5, 5.41) is 0. The Hall–Kier alpha value is -1.98. The predicted octanol–water partition coefficient (Wildman–Crippen LogP) is 2.38. The Kier molecular flexibility index (Phi) is 5.15. The lowest BCUT2D eigenvalue weighted by Gasteiger charge is -2.40. The van der Waals surface area contributed by atoms with Gasteiger partial charge in [0.05, 0.1) is 5.69 Å². The first kappa shape index (κ1) is 18.4. The van der Waals surface area contributed by atoms with Gasteiger partial charge in [-0.15, -0.1) is 0 Å². The third kappa shape index (κ3) is 3.71. The molecule has 27 heavy (non-hydrogen) atoms. The van der Waals surface area contributed by atoms with Gasteiger partial charge >= 0.3 is 0 Å². The van der Waals surface area contributed by atoms with E-state index in [4.69, 9.17) is 4.98 Å². The largest absolute Gasteiger partial charge is 0.342 e. The van der Waals surface area contributed by atoms with Gasteiger partial charge in [-0.25, -0.2) is 9.97 Å². The molecule has 2 amide bonds. The van der Waals surface area contributed by atoms with Crippen molar-refractivity contribution in [3.63, 3.8) is 0 Å². The summed E-state index contributed by atoms with van der Waals surface area (Å²) in [6.07, 6.45) is 10.4. The normalized spacial score (nSPS) is 25.6. The van der Waals surface area contributed by atoms with Crippen LogP contribution in [0, 0.1) is 6.92 Å². The lowest BCUT2D eigenvalue weighted by molar-refractivity contribution is -0.135. The van der Waals surface area contributed by atoms with Crippen LogP contribution in [-0.4, -0.2) is 57.8 Å². The zero-order chi connectivity index (χ0) is 18.9. The van der Waals surface area contributed by atoms with Crippen LogP contribution in [0.2, 0.25) is 0 Å². The molecule has 2 saturated heterocycles. The van der Waals surface area contributed by atoms with Crippen LogP contribution in [0.3, 0.4) is 0 Å². The van der Waals surface area contributed by atoms with Crippen molar-refractivity contribution in [1.29, 1.82) is 0 Å². The minimum Gasteiger partial charge on any atom is -0.342 e. The van der Waals surface area contributed by atoms with Gasteiger partial charge in [0.1, 0.15) is 5.82 Å². The fourth-order valence-corrected chi connectivity index (χ4v) is 5.04. The van der Waals surface area contributed by atoms with E-state index in [-0.39, 0.29) is 17.2 Å². The van der Waals surface area contributed by atoms with Crippen molar-refractivity contribution < 1.29 is 9.59 Å². The van der Waals surface area contributed by atoms with Crippen LogP contribution in [0.25, 0.3) is 0 Å². The topological polar surface area (TPSA) is 66.4 Å². The van der Waals surface area contributed by atoms with Crippen LogP contribution in [0.5, 0.6) is 0 Å². The summed E-state index contributed by atoms with van der Waals surface area (Å²) < 4.78 is 0. The Balaban J connectivity index is 1.41. The maximum Gasteiger partial charge on any atom is 0.224 e. The molecule has 146 valence electrons. The fraction of sp³-hybridized carbons (Fsp3) is 0.714. The number of carbonyl (C=O) groups excluding carboxylic acids is 2. The third-order valence-corrected chi connectivity index (χ3v) is 6.56. The van der Waals surface area contributed by atoms with E-state index < -0.39 is 0 Å². The van der Waals surface area contributed by atoms with E-state index in [1.54, 1.807) is 0 Å². The first-order valence-electron chi connectivity index (χ1n) is 10.5. The van der Waals surface area contributed by atoms with Crippen molar-refractivity contribution in [3.05, 3.63) is 23.3 Å². The standard InChI is InChI=1S/C21H30N4O2/c1-16-22-14-17-7-10-21(20(17)23-16)9-5-12-25(15-21)19(27)8-13-24-11-4-2-3-6-18(24)26/h14H,2-13,15H2,1H3. The van der Waals surface area contributed by atoms with E-state index in [0.717, 1.165) is 70.4 Å². The van der Waals surface area contributed by atoms with Gasteiger partial charge in [-0.2, -0.15) is 0 Å². The number of hydrogen-bond acceptors (Lipinski definition) is 4. The predicted molar refractivity (Wildman–Crippen MR) is 102 cm³/mol. The molecule has 3 aliphatic rings. The quantitative estimate of drug-likeness (QED) is 0.819. The highest BCUT2D eigenvalue weighted by Gasteiger charge is 2.44. The van der Waals surface area contributed by atoms with E-state index in [9.17, 15) is 9.59 Å². The van der Waals surface area contributed by atoms with Crippen molar-refractivity contribution in [2.45, 2.75) is 70.1 Å². The van der Waals surface area contributed by atoms with E-state index >= 15 is 0 Å². The van der Waals surface area contributed by atoms with Crippen LogP contribution in [0.1, 0.15) is 68.4 Å². The van der Waals surface area contributed by atoms with Gasteiger partial charge in [0.25, 0.3) is 0 Å². The molecular weight excluding hydrogens is 340 g/mol. The number of aryl methyl sites for hydroxylation is 2. The van der Waals surface area contributed by atoms with Gasteiger partial charge in [0.15, 0.2) is 0 Å². The molecule has 0 saturated carbocycles. The Morgan fingerprint density at radius 3 is 2.93 bits per heavy atom. The Bertz CT molecular complexity index is 731. The highest BCUT2D eigenvalue weighted by atomic mass is 16.2. The van der Waals surface area contributed by atoms with Gasteiger partial charge in [-0.1, -0.05) is 6.42 Å². The molecule has 0 N–H and O–H groups in total. The summed E-state index contributed by atoms with van der Waals surface area (Å²) in [5.41, 5.74) is 2.44. The summed E-state index contributed by atoms with van der Waals surface area (Å²) in [6.45, 7) is 4.91. The Morgan fingerprint density at radius 2 is 2.04 bits per heavy atom. The molecule has 2 aliphatic heterocycles. The van der Waals surface area contributed by atoms with Gasteiger partial charge in [0, 0.05) is 50.6 Å². The molecule has 1 spiro atoms.